The zero-order valence-corrected chi connectivity index (χ0v) is 52.4. The number of nitrogens with one attached hydrogen (secondary N) is 2. The molecule has 9 nitrogen and oxygen atoms in total. The highest BCUT2D eigenvalue weighted by Gasteiger charge is 2.47. The third-order valence-electron chi connectivity index (χ3n) is 17.0. The molecule has 0 atom stereocenters. The van der Waals surface area contributed by atoms with Crippen molar-refractivity contribution >= 4 is 23.5 Å². The number of hydrogen-bond acceptors (Lipinski definition) is 9. The highest BCUT2D eigenvalue weighted by atomic mass is 35.5. The molecule has 1 aromatic rings. The Hall–Kier alpha value is -1.26. The van der Waals surface area contributed by atoms with Gasteiger partial charge in [-0.05, 0) is 130 Å². The molecule has 3 rings (SSSR count). The lowest BCUT2D eigenvalue weighted by molar-refractivity contribution is -0.288. The van der Waals surface area contributed by atoms with Gasteiger partial charge in [0.05, 0.1) is 13.2 Å². The Bertz CT molecular complexity index is 1380. The first kappa shape index (κ1) is 68.0. The second-order valence-corrected chi connectivity index (χ2v) is 27.1. The number of rotatable bonds is 48. The van der Waals surface area contributed by atoms with E-state index in [0.717, 1.165) is 52.0 Å². The van der Waals surface area contributed by atoms with Crippen LogP contribution in [0, 0.1) is 11.8 Å². The van der Waals surface area contributed by atoms with E-state index < -0.39 is 0 Å². The van der Waals surface area contributed by atoms with Crippen LogP contribution in [-0.4, -0.2) is 73.5 Å². The van der Waals surface area contributed by atoms with Crippen LogP contribution in [0.15, 0.2) is 0 Å². The molecule has 0 unspecified atom stereocenters. The summed E-state index contributed by atoms with van der Waals surface area (Å²) in [6, 6.07) is 0. The number of hydroxylamine groups is 4. The summed E-state index contributed by atoms with van der Waals surface area (Å²) in [6.07, 6.45) is 56.3. The summed E-state index contributed by atoms with van der Waals surface area (Å²) in [5.41, 5.74) is 0.0968. The maximum Gasteiger partial charge on any atom is 0.228 e. The SMILES string of the molecule is CCCCCCCCCCCCCCCCCCON1C(C)(C)CC(CCCCNc2nc(Cl)nc(NCCCCC3CC(C)(C)N(OCCCCCCCCCCCCCCCCCC)C(C)(C)C3)n2)CC1(C)C. The maximum atomic E-state index is 6.59. The molecule has 2 saturated heterocycles. The van der Waals surface area contributed by atoms with E-state index in [9.17, 15) is 0 Å². The lowest BCUT2D eigenvalue weighted by Crippen LogP contribution is -2.60. The predicted molar refractivity (Wildman–Crippen MR) is 326 cm³/mol. The molecule has 75 heavy (non-hydrogen) atoms. The summed E-state index contributed by atoms with van der Waals surface area (Å²) in [5.74, 6) is 2.50. The predicted octanol–water partition coefficient (Wildman–Crippen LogP) is 20.6. The Kier molecular flexibility index (Phi) is 36.3. The van der Waals surface area contributed by atoms with E-state index in [1.807, 2.05) is 0 Å². The van der Waals surface area contributed by atoms with Crippen molar-refractivity contribution in [3.05, 3.63) is 5.28 Å². The normalized spacial score (nSPS) is 18.0. The Morgan fingerprint density at radius 2 is 0.627 bits per heavy atom. The van der Waals surface area contributed by atoms with Crippen molar-refractivity contribution < 1.29 is 9.68 Å². The summed E-state index contributed by atoms with van der Waals surface area (Å²) in [7, 11) is 0. The van der Waals surface area contributed by atoms with Crippen molar-refractivity contribution in [3.8, 4) is 0 Å². The Morgan fingerprint density at radius 3 is 0.893 bits per heavy atom. The van der Waals surface area contributed by atoms with Gasteiger partial charge >= 0.3 is 0 Å². The van der Waals surface area contributed by atoms with Crippen LogP contribution in [-0.2, 0) is 9.68 Å². The molecule has 3 heterocycles. The zero-order chi connectivity index (χ0) is 54.5. The number of anilines is 2. The first-order valence-electron chi connectivity index (χ1n) is 32.9. The van der Waals surface area contributed by atoms with Gasteiger partial charge < -0.3 is 10.6 Å². The molecule has 0 saturated carbocycles. The number of hydrogen-bond donors (Lipinski definition) is 2. The van der Waals surface area contributed by atoms with Crippen molar-refractivity contribution in [2.75, 3.05) is 36.9 Å². The van der Waals surface area contributed by atoms with Crippen molar-refractivity contribution in [1.82, 2.24) is 25.1 Å². The van der Waals surface area contributed by atoms with Crippen molar-refractivity contribution in [3.63, 3.8) is 0 Å². The van der Waals surface area contributed by atoms with Crippen LogP contribution < -0.4 is 10.6 Å². The van der Waals surface area contributed by atoms with Gasteiger partial charge in [-0.1, -0.05) is 232 Å². The smallest absolute Gasteiger partial charge is 0.228 e. The molecule has 0 aliphatic carbocycles. The zero-order valence-electron chi connectivity index (χ0n) is 51.6. The highest BCUT2D eigenvalue weighted by molar-refractivity contribution is 6.28. The molecule has 0 radical (unpaired) electrons. The van der Waals surface area contributed by atoms with Crippen molar-refractivity contribution in [2.24, 2.45) is 11.8 Å². The van der Waals surface area contributed by atoms with Gasteiger partial charge in [0.15, 0.2) is 0 Å². The fourth-order valence-corrected chi connectivity index (χ4v) is 13.8. The molecule has 0 spiro atoms. The van der Waals surface area contributed by atoms with Crippen LogP contribution >= 0.6 is 11.6 Å². The molecule has 10 heteroatoms. The first-order valence-corrected chi connectivity index (χ1v) is 33.2. The van der Waals surface area contributed by atoms with Crippen LogP contribution in [0.25, 0.3) is 0 Å². The Labute approximate surface area is 471 Å². The van der Waals surface area contributed by atoms with Crippen LogP contribution in [0.5, 0.6) is 0 Å². The Morgan fingerprint density at radius 1 is 0.373 bits per heavy atom. The third-order valence-corrected chi connectivity index (χ3v) is 17.2. The van der Waals surface area contributed by atoms with Crippen molar-refractivity contribution in [2.45, 2.75) is 361 Å². The van der Waals surface area contributed by atoms with Crippen LogP contribution in [0.2, 0.25) is 5.28 Å². The van der Waals surface area contributed by atoms with Crippen LogP contribution in [0.3, 0.4) is 0 Å². The van der Waals surface area contributed by atoms with Crippen LogP contribution in [0.1, 0.15) is 339 Å². The van der Waals surface area contributed by atoms with E-state index in [1.165, 1.54) is 244 Å². The third kappa shape index (κ3) is 30.8. The summed E-state index contributed by atoms with van der Waals surface area (Å²) in [5, 5.41) is 11.8. The molecule has 0 bridgehead atoms. The number of nitrogens with zero attached hydrogens (tertiary/aromatic N) is 5. The van der Waals surface area contributed by atoms with E-state index in [1.54, 1.807) is 0 Å². The molecule has 0 aromatic carbocycles. The van der Waals surface area contributed by atoms with Gasteiger partial charge in [-0.2, -0.15) is 25.1 Å². The Balaban J connectivity index is 1.20. The van der Waals surface area contributed by atoms with Gasteiger partial charge in [0.1, 0.15) is 0 Å². The van der Waals surface area contributed by atoms with E-state index in [2.05, 4.69) is 105 Å². The maximum absolute atomic E-state index is 6.59. The second-order valence-electron chi connectivity index (χ2n) is 26.8. The first-order chi connectivity index (χ1) is 36.1. The van der Waals surface area contributed by atoms with E-state index >= 15 is 0 Å². The van der Waals surface area contributed by atoms with E-state index in [0.29, 0.717) is 23.7 Å². The van der Waals surface area contributed by atoms with Gasteiger partial charge in [-0.15, -0.1) is 0 Å². The minimum Gasteiger partial charge on any atom is -0.354 e. The summed E-state index contributed by atoms with van der Waals surface area (Å²) < 4.78 is 0. The highest BCUT2D eigenvalue weighted by Crippen LogP contribution is 2.45. The number of halogens is 1. The lowest BCUT2D eigenvalue weighted by Gasteiger charge is -2.54. The molecule has 0 amide bonds. The molecule has 2 aliphatic rings. The molecule has 440 valence electrons. The number of piperidine rings is 2. The fourth-order valence-electron chi connectivity index (χ4n) is 13.7. The lowest BCUT2D eigenvalue weighted by atomic mass is 9.73. The fraction of sp³-hybridized carbons (Fsp3) is 0.954. The molecular weight excluding hydrogens is 946 g/mol. The van der Waals surface area contributed by atoms with Gasteiger partial charge in [-0.25, -0.2) is 0 Å². The largest absolute Gasteiger partial charge is 0.354 e. The van der Waals surface area contributed by atoms with E-state index in [-0.39, 0.29) is 27.4 Å². The summed E-state index contributed by atoms with van der Waals surface area (Å²) in [4.78, 5) is 26.7. The minimum atomic E-state index is 0.0242. The molecule has 2 fully saturated rings. The van der Waals surface area contributed by atoms with Crippen LogP contribution in [0.4, 0.5) is 11.9 Å². The molecular formula is C65H126ClN7O2. The second kappa shape index (κ2) is 40.0. The average molecular weight is 1070 g/mol. The van der Waals surface area contributed by atoms with Gasteiger partial charge in [0.2, 0.25) is 17.2 Å². The monoisotopic (exact) mass is 1070 g/mol. The summed E-state index contributed by atoms with van der Waals surface area (Å²) >= 11 is 6.40. The average Bonchev–Trinajstić information content (AvgIpc) is 3.33. The summed E-state index contributed by atoms with van der Waals surface area (Å²) in [6.45, 7) is 27.0. The minimum absolute atomic E-state index is 0.0242. The standard InChI is InChI=1S/C65H126ClN7O2/c1-11-13-15-17-19-21-23-25-27-29-31-33-35-37-39-45-51-74-72-62(3,4)53-57(54-63(72,5)6)47-41-43-49-67-60-69-59(66)70-61(71-60)68-50-44-42-48-58-55-64(7,8)73(65(9,10)56-58)75-52-46-40-38-36-34-32-30-28-26-24-22-20-18-16-14-12-2/h57-58H,11-56H2,1-10H3,(H2,67,68,69,70,71). The van der Waals surface area contributed by atoms with E-state index in [4.69, 9.17) is 21.3 Å². The topological polar surface area (TPSA) is 87.7 Å². The number of unbranched alkanes of at least 4 members (excludes halogenated alkanes) is 32. The molecule has 1 aromatic heterocycles. The van der Waals surface area contributed by atoms with Gasteiger partial charge in [0, 0.05) is 35.2 Å². The van der Waals surface area contributed by atoms with Gasteiger partial charge in [-0.3, -0.25) is 9.68 Å². The molecule has 2 aliphatic heterocycles. The quantitative estimate of drug-likeness (QED) is 0.0620. The molecule has 2 N–H and O–H groups in total. The number of aromatic nitrogens is 3. The van der Waals surface area contributed by atoms with Gasteiger partial charge in [0.25, 0.3) is 0 Å². The van der Waals surface area contributed by atoms with Crippen molar-refractivity contribution in [1.29, 1.82) is 0 Å².